The largest absolute Gasteiger partial charge is 0.462 e. The number of carbonyl (C=O) groups is 3. The van der Waals surface area contributed by atoms with E-state index in [0.717, 1.165) is 18.4 Å². The second-order valence-corrected chi connectivity index (χ2v) is 13.5. The lowest BCUT2D eigenvalue weighted by Crippen LogP contribution is -2.52. The van der Waals surface area contributed by atoms with Crippen LogP contribution in [0.15, 0.2) is 78.4 Å². The third-order valence-corrected chi connectivity index (χ3v) is 10.4. The number of rotatable bonds is 6. The Labute approximate surface area is 252 Å². The van der Waals surface area contributed by atoms with Crippen LogP contribution in [-0.4, -0.2) is 52.8 Å². The summed E-state index contributed by atoms with van der Waals surface area (Å²) in [7, 11) is 0. The summed E-state index contributed by atoms with van der Waals surface area (Å²) in [5.41, 5.74) is -0.442. The fourth-order valence-corrected chi connectivity index (χ4v) is 7.68. The Kier molecular flexibility index (Phi) is 7.46. The van der Waals surface area contributed by atoms with Crippen molar-refractivity contribution in [1.82, 2.24) is 0 Å². The molecule has 2 aromatic carbocycles. The molecular formula is C36H40O7. The number of hydrogen-bond donors (Lipinski definition) is 1. The molecule has 3 fully saturated rings. The van der Waals surface area contributed by atoms with Gasteiger partial charge in [-0.1, -0.05) is 68.5 Å². The van der Waals surface area contributed by atoms with Crippen LogP contribution in [0.5, 0.6) is 0 Å². The lowest BCUT2D eigenvalue weighted by Gasteiger charge is -2.34. The van der Waals surface area contributed by atoms with Gasteiger partial charge in [0.25, 0.3) is 0 Å². The molecule has 6 rings (SSSR count). The van der Waals surface area contributed by atoms with Gasteiger partial charge in [-0.25, -0.2) is 9.59 Å². The topological polar surface area (TPSA) is 102 Å². The van der Waals surface area contributed by atoms with Crippen molar-refractivity contribution in [3.05, 3.63) is 89.5 Å². The molecule has 2 saturated carbocycles. The van der Waals surface area contributed by atoms with Crippen molar-refractivity contribution < 1.29 is 33.7 Å². The van der Waals surface area contributed by atoms with E-state index in [2.05, 4.69) is 13.8 Å². The highest BCUT2D eigenvalue weighted by Gasteiger charge is 2.72. The van der Waals surface area contributed by atoms with Crippen molar-refractivity contribution >= 4 is 23.8 Å². The van der Waals surface area contributed by atoms with Gasteiger partial charge in [-0.3, -0.25) is 4.79 Å². The molecule has 43 heavy (non-hydrogen) atoms. The minimum absolute atomic E-state index is 0.0171. The average Bonchev–Trinajstić information content (AvgIpc) is 3.77. The van der Waals surface area contributed by atoms with Crippen LogP contribution < -0.4 is 0 Å². The van der Waals surface area contributed by atoms with E-state index in [4.69, 9.17) is 14.2 Å². The summed E-state index contributed by atoms with van der Waals surface area (Å²) in [6, 6.07) is 18.0. The fraction of sp³-hybridized carbons (Fsp3) is 0.472. The molecule has 0 bridgehead atoms. The van der Waals surface area contributed by atoms with Crippen molar-refractivity contribution in [2.24, 2.45) is 29.1 Å². The maximum Gasteiger partial charge on any atom is 0.338 e. The summed E-state index contributed by atoms with van der Waals surface area (Å²) in [5, 5.41) is 11.8. The quantitative estimate of drug-likeness (QED) is 0.269. The van der Waals surface area contributed by atoms with Crippen LogP contribution in [0.3, 0.4) is 0 Å². The first-order valence-electron chi connectivity index (χ1n) is 15.2. The number of aliphatic hydroxyl groups excluding tert-OH is 1. The molecule has 7 heteroatoms. The molecule has 8 atom stereocenters. The summed E-state index contributed by atoms with van der Waals surface area (Å²) in [6.45, 7) is 8.11. The van der Waals surface area contributed by atoms with E-state index >= 15 is 0 Å². The summed E-state index contributed by atoms with van der Waals surface area (Å²) in [6.07, 6.45) is 5.15. The Morgan fingerprint density at radius 3 is 2.42 bits per heavy atom. The summed E-state index contributed by atoms with van der Waals surface area (Å²) < 4.78 is 18.2. The molecule has 0 radical (unpaired) electrons. The molecule has 0 unspecified atom stereocenters. The Balaban J connectivity index is 1.35. The molecule has 4 aliphatic rings. The molecular weight excluding hydrogens is 544 g/mol. The zero-order chi connectivity index (χ0) is 30.6. The lowest BCUT2D eigenvalue weighted by molar-refractivity contribution is -0.168. The molecule has 2 aromatic rings. The second kappa shape index (κ2) is 10.9. The lowest BCUT2D eigenvalue weighted by atomic mass is 9.77. The van der Waals surface area contributed by atoms with E-state index in [1.807, 2.05) is 49.4 Å². The molecule has 0 spiro atoms. The van der Waals surface area contributed by atoms with Crippen molar-refractivity contribution in [3.63, 3.8) is 0 Å². The number of ketones is 1. The first-order chi connectivity index (χ1) is 20.5. The average molecular weight is 585 g/mol. The number of hydrogen-bond acceptors (Lipinski definition) is 7. The summed E-state index contributed by atoms with van der Waals surface area (Å²) in [4.78, 5) is 40.8. The van der Waals surface area contributed by atoms with Gasteiger partial charge in [0, 0.05) is 18.4 Å². The number of benzene rings is 2. The predicted octanol–water partition coefficient (Wildman–Crippen LogP) is 5.57. The van der Waals surface area contributed by atoms with Crippen LogP contribution in [0.1, 0.15) is 62.9 Å². The van der Waals surface area contributed by atoms with E-state index < -0.39 is 47.2 Å². The van der Waals surface area contributed by atoms with Gasteiger partial charge in [-0.05, 0) is 73.3 Å². The van der Waals surface area contributed by atoms with Gasteiger partial charge in [-0.2, -0.15) is 0 Å². The highest BCUT2D eigenvalue weighted by Crippen LogP contribution is 2.64. The zero-order valence-corrected chi connectivity index (χ0v) is 25.2. The molecule has 3 aliphatic carbocycles. The van der Waals surface area contributed by atoms with Gasteiger partial charge in [0.1, 0.15) is 0 Å². The van der Waals surface area contributed by atoms with E-state index in [-0.39, 0.29) is 30.1 Å². The molecule has 0 amide bonds. The molecule has 0 aromatic heterocycles. The maximum atomic E-state index is 14.5. The van der Waals surface area contributed by atoms with Gasteiger partial charge in [0.2, 0.25) is 5.78 Å². The number of ether oxygens (including phenoxy) is 3. The van der Waals surface area contributed by atoms with E-state index in [9.17, 15) is 19.5 Å². The van der Waals surface area contributed by atoms with Crippen LogP contribution in [0.2, 0.25) is 0 Å². The van der Waals surface area contributed by atoms with Crippen LogP contribution in [0, 0.1) is 29.1 Å². The molecule has 1 aliphatic heterocycles. The molecule has 1 N–H and O–H groups in total. The van der Waals surface area contributed by atoms with E-state index in [1.54, 1.807) is 37.3 Å². The number of esters is 2. The number of aliphatic hydroxyl groups is 1. The number of fused-ring (bicyclic) bond motifs is 4. The molecule has 226 valence electrons. The Bertz CT molecular complexity index is 1460. The Morgan fingerprint density at radius 2 is 1.72 bits per heavy atom. The van der Waals surface area contributed by atoms with Gasteiger partial charge in [0.15, 0.2) is 5.60 Å². The van der Waals surface area contributed by atoms with Gasteiger partial charge < -0.3 is 19.3 Å². The van der Waals surface area contributed by atoms with E-state index in [1.165, 1.54) is 6.08 Å². The predicted molar refractivity (Wildman–Crippen MR) is 161 cm³/mol. The normalized spacial score (nSPS) is 37.1. The first kappa shape index (κ1) is 29.5. The molecule has 7 nitrogen and oxygen atoms in total. The van der Waals surface area contributed by atoms with Crippen LogP contribution in [-0.2, 0) is 23.8 Å². The maximum absolute atomic E-state index is 14.5. The number of allylic oxidation sites excluding steroid dienone is 1. The van der Waals surface area contributed by atoms with Crippen molar-refractivity contribution in [2.75, 3.05) is 6.61 Å². The highest BCUT2D eigenvalue weighted by molar-refractivity contribution is 6.04. The van der Waals surface area contributed by atoms with Crippen LogP contribution in [0.25, 0.3) is 6.08 Å². The van der Waals surface area contributed by atoms with E-state index in [0.29, 0.717) is 17.1 Å². The van der Waals surface area contributed by atoms with Crippen molar-refractivity contribution in [1.29, 1.82) is 0 Å². The number of carbonyl (C=O) groups excluding carboxylic acids is 3. The first-order valence-corrected chi connectivity index (χ1v) is 15.2. The second-order valence-electron chi connectivity index (χ2n) is 13.5. The monoisotopic (exact) mass is 584 g/mol. The third kappa shape index (κ3) is 5.38. The molecule has 1 heterocycles. The zero-order valence-electron chi connectivity index (χ0n) is 25.2. The van der Waals surface area contributed by atoms with Gasteiger partial charge >= 0.3 is 11.9 Å². The number of Topliss-reactive ketones (excluding diaryl/α,β-unsaturated/α-hetero) is 1. The Morgan fingerprint density at radius 1 is 1.05 bits per heavy atom. The van der Waals surface area contributed by atoms with Gasteiger partial charge in [0.05, 0.1) is 35.9 Å². The van der Waals surface area contributed by atoms with Crippen molar-refractivity contribution in [3.8, 4) is 0 Å². The standard InChI is InChI=1S/C36H40O7/c1-22-19-27-26(34(27,2)3)17-18-35(4)32(43-35)29-30(38)25(21-41-33(40)24-13-9-6-10-14-24)20-36(29,31(22)39)42-28(37)16-15-23-11-7-5-8-12-23/h5-16,19,25-27,29-30,32,38H,17-18,20-21H2,1-4H3/b16-15+,22-19+/t25-,26+,27-,29-,30+,32-,35-,36-/m1/s1. The van der Waals surface area contributed by atoms with Gasteiger partial charge in [-0.15, -0.1) is 0 Å². The van der Waals surface area contributed by atoms with Crippen LogP contribution >= 0.6 is 0 Å². The summed E-state index contributed by atoms with van der Waals surface area (Å²) >= 11 is 0. The minimum Gasteiger partial charge on any atom is -0.462 e. The smallest absolute Gasteiger partial charge is 0.338 e. The Hall–Kier alpha value is -3.55. The molecule has 1 saturated heterocycles. The highest BCUT2D eigenvalue weighted by atomic mass is 16.6. The number of epoxide rings is 1. The summed E-state index contributed by atoms with van der Waals surface area (Å²) in [5.74, 6) is -2.31. The SMILES string of the molecule is C/C1=C\[C@@H]2[C@H](CC[C@@]3(C)O[C@@H]3[C@H]3[C@@H](O)[C@@H](COC(=O)c4ccccc4)C[C@]3(OC(=O)/C=C/c3ccccc3)C1=O)C2(C)C. The van der Waals surface area contributed by atoms with Crippen LogP contribution in [0.4, 0.5) is 0 Å². The minimum atomic E-state index is -1.68. The van der Waals surface area contributed by atoms with Crippen molar-refractivity contribution in [2.45, 2.75) is 70.4 Å². The third-order valence-electron chi connectivity index (χ3n) is 10.4. The fourth-order valence-electron chi connectivity index (χ4n) is 7.68.